The number of rotatable bonds is 6. The Labute approximate surface area is 398 Å². The quantitative estimate of drug-likeness (QED) is 0.156. The topological polar surface area (TPSA) is 25.8 Å². The minimum atomic E-state index is -0.135. The van der Waals surface area contributed by atoms with Crippen LogP contribution in [0.15, 0.2) is 218 Å². The highest BCUT2D eigenvalue weighted by Gasteiger charge is 2.37. The molecule has 0 N–H and O–H groups in total. The molecule has 0 fully saturated rings. The summed E-state index contributed by atoms with van der Waals surface area (Å²) >= 11 is 0. The molecule has 2 aliphatic carbocycles. The van der Waals surface area contributed by atoms with Crippen LogP contribution in [0.1, 0.15) is 49.9 Å². The first kappa shape index (κ1) is 40.1. The van der Waals surface area contributed by atoms with Gasteiger partial charge < -0.3 is 0 Å². The van der Waals surface area contributed by atoms with E-state index < -0.39 is 0 Å². The molecule has 13 rings (SSSR count). The minimum Gasteiger partial charge on any atom is -0.248 e. The first-order chi connectivity index (χ1) is 33.2. The van der Waals surface area contributed by atoms with Crippen molar-refractivity contribution < 1.29 is 0 Å². The van der Waals surface area contributed by atoms with Crippen molar-refractivity contribution >= 4 is 21.7 Å². The number of benzene rings is 9. The Hall–Kier alpha value is -8.20. The van der Waals surface area contributed by atoms with Crippen molar-refractivity contribution in [2.75, 3.05) is 0 Å². The molecule has 9 aromatic carbocycles. The Morgan fingerprint density at radius 3 is 1.22 bits per heavy atom. The molecule has 0 bridgehead atoms. The van der Waals surface area contributed by atoms with Crippen LogP contribution in [0.25, 0.3) is 111 Å². The molecule has 2 nitrogen and oxygen atoms in total. The number of hydrogen-bond donors (Lipinski definition) is 0. The maximum atomic E-state index is 5.64. The lowest BCUT2D eigenvalue weighted by Gasteiger charge is -2.23. The standard InChI is InChI=1S/C66H48N2/c1-65(2)57-25-15-13-22-49(57)51-33-31-45(35-59(51)65)54-39-56-55(46-32-34-52-50-23-14-16-26-58(50)66(3,4)60(52)36-46)40-63(68-64(56)53-24-12-11-21-48(53)54)44-29-27-41(28-30-44)47-37-61(42-17-7-5-8-18-42)67-62(38-47)43-19-9-6-10-20-43/h5-40H,1-4H3. The molecular weight excluding hydrogens is 821 g/mol. The zero-order valence-corrected chi connectivity index (χ0v) is 38.7. The highest BCUT2D eigenvalue weighted by molar-refractivity contribution is 6.16. The molecule has 0 amide bonds. The van der Waals surface area contributed by atoms with E-state index in [1.165, 1.54) is 72.1 Å². The van der Waals surface area contributed by atoms with Crippen molar-refractivity contribution in [2.24, 2.45) is 0 Å². The van der Waals surface area contributed by atoms with Gasteiger partial charge in [0.2, 0.25) is 0 Å². The van der Waals surface area contributed by atoms with Crippen LogP contribution < -0.4 is 0 Å². The highest BCUT2D eigenvalue weighted by Crippen LogP contribution is 2.52. The Morgan fingerprint density at radius 1 is 0.250 bits per heavy atom. The van der Waals surface area contributed by atoms with Crippen LogP contribution in [-0.2, 0) is 10.8 Å². The summed E-state index contributed by atoms with van der Waals surface area (Å²) in [6.07, 6.45) is 0. The molecule has 2 aliphatic rings. The van der Waals surface area contributed by atoms with Crippen molar-refractivity contribution in [1.82, 2.24) is 9.97 Å². The van der Waals surface area contributed by atoms with Crippen molar-refractivity contribution in [1.29, 1.82) is 0 Å². The Kier molecular flexibility index (Phi) is 8.95. The molecule has 0 saturated heterocycles. The minimum absolute atomic E-state index is 0.105. The lowest BCUT2D eigenvalue weighted by atomic mass is 9.81. The zero-order chi connectivity index (χ0) is 45.7. The molecule has 0 spiro atoms. The van der Waals surface area contributed by atoms with E-state index in [1.807, 2.05) is 0 Å². The maximum absolute atomic E-state index is 5.64. The van der Waals surface area contributed by atoms with Gasteiger partial charge in [-0.25, -0.2) is 9.97 Å². The summed E-state index contributed by atoms with van der Waals surface area (Å²) in [5.74, 6) is 0. The van der Waals surface area contributed by atoms with Gasteiger partial charge in [0.05, 0.1) is 22.6 Å². The second-order valence-corrected chi connectivity index (χ2v) is 19.7. The van der Waals surface area contributed by atoms with Crippen molar-refractivity contribution in [3.63, 3.8) is 0 Å². The van der Waals surface area contributed by atoms with E-state index in [1.54, 1.807) is 0 Å². The molecule has 0 radical (unpaired) electrons. The smallest absolute Gasteiger partial charge is 0.0794 e. The molecule has 68 heavy (non-hydrogen) atoms. The summed E-state index contributed by atoms with van der Waals surface area (Å²) in [6, 6.07) is 80.0. The van der Waals surface area contributed by atoms with Crippen molar-refractivity contribution in [3.8, 4) is 89.4 Å². The maximum Gasteiger partial charge on any atom is 0.0794 e. The normalized spacial score (nSPS) is 13.8. The summed E-state index contributed by atoms with van der Waals surface area (Å²) in [4.78, 5) is 10.8. The SMILES string of the molecule is CC1(C)c2ccccc2-c2ccc(-c3cc4c(-c5ccc6c(c5)C(C)(C)c5ccccc5-6)cc(-c5ccc(-c6cc(-c7ccccc7)nc(-c7ccccc7)c6)cc5)nc4c4ccccc34)cc21. The van der Waals surface area contributed by atoms with E-state index in [0.717, 1.165) is 61.2 Å². The number of pyridine rings is 2. The van der Waals surface area contributed by atoms with E-state index in [0.29, 0.717) is 0 Å². The third-order valence-electron chi connectivity index (χ3n) is 15.1. The van der Waals surface area contributed by atoms with E-state index >= 15 is 0 Å². The fraction of sp³-hybridized carbons (Fsp3) is 0.0909. The molecular formula is C66H48N2. The first-order valence-electron chi connectivity index (χ1n) is 23.8. The summed E-state index contributed by atoms with van der Waals surface area (Å²) < 4.78 is 0. The molecule has 2 heteroatoms. The van der Waals surface area contributed by atoms with E-state index in [9.17, 15) is 0 Å². The number of nitrogens with zero attached hydrogens (tertiary/aromatic N) is 2. The van der Waals surface area contributed by atoms with Gasteiger partial charge in [0.25, 0.3) is 0 Å². The van der Waals surface area contributed by atoms with Gasteiger partial charge in [-0.1, -0.05) is 210 Å². The van der Waals surface area contributed by atoms with Gasteiger partial charge >= 0.3 is 0 Å². The largest absolute Gasteiger partial charge is 0.248 e. The summed E-state index contributed by atoms with van der Waals surface area (Å²) in [5.41, 5.74) is 24.7. The van der Waals surface area contributed by atoms with Crippen LogP contribution in [0.2, 0.25) is 0 Å². The Morgan fingerprint density at radius 2 is 0.662 bits per heavy atom. The van der Waals surface area contributed by atoms with E-state index in [2.05, 4.69) is 246 Å². The average Bonchev–Trinajstić information content (AvgIpc) is 3.77. The third-order valence-corrected chi connectivity index (χ3v) is 15.1. The van der Waals surface area contributed by atoms with Crippen molar-refractivity contribution in [2.45, 2.75) is 38.5 Å². The summed E-state index contributed by atoms with van der Waals surface area (Å²) in [7, 11) is 0. The fourth-order valence-corrected chi connectivity index (χ4v) is 11.5. The molecule has 11 aromatic rings. The Bertz CT molecular complexity index is 3760. The lowest BCUT2D eigenvalue weighted by Crippen LogP contribution is -2.15. The second-order valence-electron chi connectivity index (χ2n) is 19.7. The van der Waals surface area contributed by atoms with Gasteiger partial charge in [-0.05, 0) is 120 Å². The molecule has 0 aliphatic heterocycles. The van der Waals surface area contributed by atoms with Gasteiger partial charge in [-0.3, -0.25) is 0 Å². The van der Waals surface area contributed by atoms with Gasteiger partial charge in [0, 0.05) is 38.3 Å². The molecule has 2 aromatic heterocycles. The molecule has 2 heterocycles. The molecule has 0 atom stereocenters. The monoisotopic (exact) mass is 868 g/mol. The summed E-state index contributed by atoms with van der Waals surface area (Å²) in [6.45, 7) is 9.47. The van der Waals surface area contributed by atoms with Crippen LogP contribution >= 0.6 is 0 Å². The van der Waals surface area contributed by atoms with E-state index in [-0.39, 0.29) is 10.8 Å². The van der Waals surface area contributed by atoms with Crippen molar-refractivity contribution in [3.05, 3.63) is 241 Å². The highest BCUT2D eigenvalue weighted by atomic mass is 14.7. The number of aromatic nitrogens is 2. The lowest BCUT2D eigenvalue weighted by molar-refractivity contribution is 0.660. The second kappa shape index (κ2) is 15.2. The van der Waals surface area contributed by atoms with Gasteiger partial charge in [-0.15, -0.1) is 0 Å². The van der Waals surface area contributed by atoms with Gasteiger partial charge in [0.15, 0.2) is 0 Å². The summed E-state index contributed by atoms with van der Waals surface area (Å²) in [5, 5.41) is 3.50. The number of fused-ring (bicyclic) bond motifs is 9. The zero-order valence-electron chi connectivity index (χ0n) is 38.7. The third kappa shape index (κ3) is 6.25. The van der Waals surface area contributed by atoms with Crippen LogP contribution in [0.4, 0.5) is 0 Å². The van der Waals surface area contributed by atoms with Gasteiger partial charge in [0.1, 0.15) is 0 Å². The molecule has 322 valence electrons. The van der Waals surface area contributed by atoms with Crippen LogP contribution in [0.3, 0.4) is 0 Å². The number of hydrogen-bond acceptors (Lipinski definition) is 2. The van der Waals surface area contributed by atoms with Crippen LogP contribution in [0, 0.1) is 0 Å². The molecule has 0 saturated carbocycles. The fourth-order valence-electron chi connectivity index (χ4n) is 11.5. The molecule has 0 unspecified atom stereocenters. The first-order valence-corrected chi connectivity index (χ1v) is 23.8. The Balaban J connectivity index is 0.997. The van der Waals surface area contributed by atoms with E-state index in [4.69, 9.17) is 9.97 Å². The van der Waals surface area contributed by atoms with Crippen LogP contribution in [-0.4, -0.2) is 9.97 Å². The van der Waals surface area contributed by atoms with Gasteiger partial charge in [-0.2, -0.15) is 0 Å². The predicted molar refractivity (Wildman–Crippen MR) is 285 cm³/mol. The predicted octanol–water partition coefficient (Wildman–Crippen LogP) is 17.4. The van der Waals surface area contributed by atoms with Crippen LogP contribution in [0.5, 0.6) is 0 Å². The average molecular weight is 869 g/mol.